The fourth-order valence-corrected chi connectivity index (χ4v) is 5.46. The maximum atomic E-state index is 13.9. The third kappa shape index (κ3) is 12.4. The van der Waals surface area contributed by atoms with Crippen LogP contribution >= 0.6 is 0 Å². The van der Waals surface area contributed by atoms with Crippen LogP contribution in [-0.4, -0.2) is 24.1 Å². The zero-order valence-electron chi connectivity index (χ0n) is 24.3. The maximum Gasteiger partial charge on any atom is 0.165 e. The number of allylic oxidation sites excluding steroid dienone is 4. The van der Waals surface area contributed by atoms with Crippen molar-refractivity contribution in [3.05, 3.63) is 53.4 Å². The van der Waals surface area contributed by atoms with E-state index in [0.29, 0.717) is 30.8 Å². The van der Waals surface area contributed by atoms with Gasteiger partial charge in [-0.05, 0) is 87.7 Å². The first-order valence-corrected chi connectivity index (χ1v) is 14.8. The van der Waals surface area contributed by atoms with Crippen LogP contribution in [0.3, 0.4) is 0 Å². The minimum atomic E-state index is -0.479. The molecular weight excluding hydrogens is 463 g/mol. The van der Waals surface area contributed by atoms with E-state index in [0.717, 1.165) is 18.8 Å². The number of benzene rings is 1. The maximum absolute atomic E-state index is 13.9. The fraction of sp³-hybridized carbons (Fsp3) is 0.667. The van der Waals surface area contributed by atoms with Crippen LogP contribution in [0.15, 0.2) is 42.0 Å². The third-order valence-corrected chi connectivity index (χ3v) is 7.30. The molecule has 37 heavy (non-hydrogen) atoms. The van der Waals surface area contributed by atoms with E-state index in [-0.39, 0.29) is 11.3 Å². The first kappa shape index (κ1) is 33.1. The van der Waals surface area contributed by atoms with Crippen LogP contribution in [0.4, 0.5) is 4.39 Å². The molecule has 1 aromatic rings. The summed E-state index contributed by atoms with van der Waals surface area (Å²) in [6.45, 7) is 11.4. The van der Waals surface area contributed by atoms with Crippen molar-refractivity contribution < 1.29 is 19.0 Å². The molecule has 1 N–H and O–H groups in total. The van der Waals surface area contributed by atoms with E-state index in [4.69, 9.17) is 9.84 Å². The molecule has 0 aliphatic heterocycles. The first-order chi connectivity index (χ1) is 17.9. The summed E-state index contributed by atoms with van der Waals surface area (Å²) in [5, 5.41) is 7.88. The predicted molar refractivity (Wildman–Crippen MR) is 155 cm³/mol. The quantitative estimate of drug-likeness (QED) is 0.210. The number of hydrogen-bond acceptors (Lipinski definition) is 3. The summed E-state index contributed by atoms with van der Waals surface area (Å²) < 4.78 is 19.6. The van der Waals surface area contributed by atoms with E-state index in [1.54, 1.807) is 13.0 Å². The molecule has 0 atom stereocenters. The summed E-state index contributed by atoms with van der Waals surface area (Å²) in [4.78, 5) is 11.6. The van der Waals surface area contributed by atoms with Gasteiger partial charge in [0.2, 0.25) is 0 Å². The van der Waals surface area contributed by atoms with Crippen LogP contribution in [0.5, 0.6) is 5.75 Å². The second kappa shape index (κ2) is 19.2. The highest BCUT2D eigenvalue weighted by Crippen LogP contribution is 2.53. The van der Waals surface area contributed by atoms with Crippen molar-refractivity contribution >= 4 is 5.78 Å². The van der Waals surface area contributed by atoms with Crippen molar-refractivity contribution in [1.29, 1.82) is 0 Å². The van der Waals surface area contributed by atoms with E-state index < -0.39 is 5.82 Å². The van der Waals surface area contributed by atoms with Crippen LogP contribution in [-0.2, 0) is 0 Å². The van der Waals surface area contributed by atoms with Gasteiger partial charge in [0.25, 0.3) is 0 Å². The lowest BCUT2D eigenvalue weighted by Gasteiger charge is -2.48. The summed E-state index contributed by atoms with van der Waals surface area (Å²) in [7, 11) is 0. The molecule has 0 aromatic heterocycles. The van der Waals surface area contributed by atoms with E-state index >= 15 is 0 Å². The van der Waals surface area contributed by atoms with Crippen molar-refractivity contribution in [3.8, 4) is 5.75 Å². The number of rotatable bonds is 13. The lowest BCUT2D eigenvalue weighted by atomic mass is 9.57. The largest absolute Gasteiger partial charge is 0.493 e. The molecule has 0 amide bonds. The summed E-state index contributed by atoms with van der Waals surface area (Å²) in [6, 6.07) is 4.56. The topological polar surface area (TPSA) is 46.5 Å². The van der Waals surface area contributed by atoms with Crippen LogP contribution in [0.2, 0.25) is 0 Å². The van der Waals surface area contributed by atoms with Gasteiger partial charge in [-0.1, -0.05) is 71.3 Å². The normalized spacial score (nSPS) is 15.9. The van der Waals surface area contributed by atoms with Gasteiger partial charge in [-0.25, -0.2) is 4.39 Å². The smallest absolute Gasteiger partial charge is 0.165 e. The van der Waals surface area contributed by atoms with Gasteiger partial charge in [-0.15, -0.1) is 0 Å². The number of carbonyl (C=O) groups is 1. The highest BCUT2D eigenvalue weighted by Gasteiger charge is 2.41. The van der Waals surface area contributed by atoms with Gasteiger partial charge in [0, 0.05) is 19.1 Å². The number of hydrogen-bond donors (Lipinski definition) is 1. The van der Waals surface area contributed by atoms with E-state index in [2.05, 4.69) is 39.0 Å². The Bertz CT molecular complexity index is 811. The van der Waals surface area contributed by atoms with Crippen LogP contribution in [0, 0.1) is 17.2 Å². The van der Waals surface area contributed by atoms with Gasteiger partial charge in [0.1, 0.15) is 11.6 Å². The SMILES string of the molecule is CCC1=CCCC=C1.CCCC1(CCC)CC(CCCOc2ccc(C(=O)CC)c(F)c2)C1.CCCO. The Kier molecular flexibility index (Phi) is 17.1. The Morgan fingerprint density at radius 2 is 1.73 bits per heavy atom. The van der Waals surface area contributed by atoms with E-state index in [9.17, 15) is 9.18 Å². The Hall–Kier alpha value is -1.94. The van der Waals surface area contributed by atoms with Gasteiger partial charge in [-0.2, -0.15) is 0 Å². The number of ether oxygens (including phenoxy) is 1. The molecule has 0 heterocycles. The third-order valence-electron chi connectivity index (χ3n) is 7.30. The Labute approximate surface area is 226 Å². The molecule has 3 rings (SSSR count). The zero-order valence-corrected chi connectivity index (χ0v) is 24.3. The number of Topliss-reactive ketones (excluding diaryl/α,β-unsaturated/α-hetero) is 1. The molecule has 1 saturated carbocycles. The molecule has 0 bridgehead atoms. The average molecular weight is 517 g/mol. The molecule has 210 valence electrons. The van der Waals surface area contributed by atoms with Gasteiger partial charge in [-0.3, -0.25) is 4.79 Å². The summed E-state index contributed by atoms with van der Waals surface area (Å²) in [6.07, 6.45) is 21.9. The summed E-state index contributed by atoms with van der Waals surface area (Å²) in [5.41, 5.74) is 2.28. The van der Waals surface area contributed by atoms with E-state index in [1.165, 1.54) is 81.9 Å². The number of aliphatic hydroxyl groups excluding tert-OH is 1. The van der Waals surface area contributed by atoms with Gasteiger partial charge >= 0.3 is 0 Å². The lowest BCUT2D eigenvalue weighted by Crippen LogP contribution is -2.37. The summed E-state index contributed by atoms with van der Waals surface area (Å²) >= 11 is 0. The second-order valence-corrected chi connectivity index (χ2v) is 10.5. The molecule has 3 nitrogen and oxygen atoms in total. The molecule has 2 aliphatic carbocycles. The minimum absolute atomic E-state index is 0.160. The molecule has 0 unspecified atom stereocenters. The average Bonchev–Trinajstić information content (AvgIpc) is 2.90. The Balaban J connectivity index is 0.000000469. The lowest BCUT2D eigenvalue weighted by molar-refractivity contribution is 0.0259. The van der Waals surface area contributed by atoms with Crippen molar-refractivity contribution in [1.82, 2.24) is 0 Å². The second-order valence-electron chi connectivity index (χ2n) is 10.5. The van der Waals surface area contributed by atoms with Crippen molar-refractivity contribution in [2.75, 3.05) is 13.2 Å². The van der Waals surface area contributed by atoms with E-state index in [1.807, 2.05) is 6.92 Å². The number of halogens is 1. The fourth-order valence-electron chi connectivity index (χ4n) is 5.46. The van der Waals surface area contributed by atoms with Crippen LogP contribution in [0.1, 0.15) is 128 Å². The van der Waals surface area contributed by atoms with Crippen molar-refractivity contribution in [2.24, 2.45) is 11.3 Å². The molecule has 0 radical (unpaired) electrons. The standard InChI is InChI=1S/C22H33FO2.C8H12.C3H8O/c1-4-11-22(12-5-2)15-17(16-22)8-7-13-25-18-9-10-19(20(23)14-18)21(24)6-3;1-2-8-6-4-3-5-7-8;1-2-3-4/h9-10,14,17H,4-8,11-13,15-16H2,1-3H3;4,6-7H,2-3,5H2,1H3;4H,2-3H2,1H3. The molecule has 2 aliphatic rings. The van der Waals surface area contributed by atoms with Gasteiger partial charge in [0.05, 0.1) is 12.2 Å². The Morgan fingerprint density at radius 1 is 1.05 bits per heavy atom. The minimum Gasteiger partial charge on any atom is -0.493 e. The molecule has 1 aromatic carbocycles. The predicted octanol–water partition coefficient (Wildman–Crippen LogP) is 9.64. The van der Waals surface area contributed by atoms with Crippen LogP contribution in [0.25, 0.3) is 0 Å². The molecule has 1 fully saturated rings. The number of ketones is 1. The molecule has 0 saturated heterocycles. The highest BCUT2D eigenvalue weighted by atomic mass is 19.1. The molecule has 0 spiro atoms. The number of aliphatic hydroxyl groups is 1. The van der Waals surface area contributed by atoms with Crippen LogP contribution < -0.4 is 4.74 Å². The molecule has 4 heteroatoms. The van der Waals surface area contributed by atoms with Crippen molar-refractivity contribution in [2.45, 2.75) is 118 Å². The molecular formula is C33H53FO3. The van der Waals surface area contributed by atoms with Gasteiger partial charge in [0.15, 0.2) is 5.78 Å². The monoisotopic (exact) mass is 516 g/mol. The zero-order chi connectivity index (χ0) is 27.5. The van der Waals surface area contributed by atoms with Gasteiger partial charge < -0.3 is 9.84 Å². The Morgan fingerprint density at radius 3 is 2.19 bits per heavy atom. The summed E-state index contributed by atoms with van der Waals surface area (Å²) in [5.74, 6) is 0.706. The highest BCUT2D eigenvalue weighted by molar-refractivity contribution is 5.96. The first-order valence-electron chi connectivity index (χ1n) is 14.8. The van der Waals surface area contributed by atoms with Crippen molar-refractivity contribution in [3.63, 3.8) is 0 Å². The number of carbonyl (C=O) groups excluding carboxylic acids is 1.